The molecule has 1 atom stereocenters. The molecule has 5 nitrogen and oxygen atoms in total. The molecular weight excluding hydrogens is 444 g/mol. The Morgan fingerprint density at radius 1 is 0.969 bits per heavy atom. The highest BCUT2D eigenvalue weighted by Crippen LogP contribution is 2.37. The van der Waals surface area contributed by atoms with E-state index in [0.717, 1.165) is 15.6 Å². The SMILES string of the molecule is COc1ccc2c(Cl)c(C(=O)Nc3cccc(C(=O)NC(C)c4ccccc4)c3)sc2c1. The van der Waals surface area contributed by atoms with Crippen LogP contribution in [0.2, 0.25) is 5.02 Å². The number of rotatable bonds is 6. The van der Waals surface area contributed by atoms with Gasteiger partial charge in [-0.15, -0.1) is 11.3 Å². The molecule has 0 fully saturated rings. The van der Waals surface area contributed by atoms with E-state index in [4.69, 9.17) is 16.3 Å². The van der Waals surface area contributed by atoms with Gasteiger partial charge in [0.2, 0.25) is 0 Å². The van der Waals surface area contributed by atoms with Gasteiger partial charge in [0.25, 0.3) is 11.8 Å². The summed E-state index contributed by atoms with van der Waals surface area (Å²) in [5, 5.41) is 7.02. The zero-order chi connectivity index (χ0) is 22.7. The molecule has 2 amide bonds. The summed E-state index contributed by atoms with van der Waals surface area (Å²) in [7, 11) is 1.59. The van der Waals surface area contributed by atoms with Crippen molar-refractivity contribution in [1.29, 1.82) is 0 Å². The van der Waals surface area contributed by atoms with E-state index in [2.05, 4.69) is 10.6 Å². The number of thiophene rings is 1. The Morgan fingerprint density at radius 3 is 2.50 bits per heavy atom. The van der Waals surface area contributed by atoms with Gasteiger partial charge >= 0.3 is 0 Å². The molecule has 0 aliphatic carbocycles. The largest absolute Gasteiger partial charge is 0.497 e. The van der Waals surface area contributed by atoms with Crippen LogP contribution in [0.15, 0.2) is 72.8 Å². The summed E-state index contributed by atoms with van der Waals surface area (Å²) in [6, 6.07) is 21.9. The quantitative estimate of drug-likeness (QED) is 0.351. The van der Waals surface area contributed by atoms with E-state index in [1.165, 1.54) is 11.3 Å². The molecule has 0 saturated heterocycles. The monoisotopic (exact) mass is 464 g/mol. The summed E-state index contributed by atoms with van der Waals surface area (Å²) in [5.41, 5.74) is 1.99. The minimum absolute atomic E-state index is 0.142. The highest BCUT2D eigenvalue weighted by atomic mass is 35.5. The van der Waals surface area contributed by atoms with Gasteiger partial charge < -0.3 is 15.4 Å². The molecule has 1 heterocycles. The van der Waals surface area contributed by atoms with Crippen LogP contribution in [0.4, 0.5) is 5.69 Å². The number of ether oxygens (including phenoxy) is 1. The second kappa shape index (κ2) is 9.42. The maximum atomic E-state index is 12.9. The fourth-order valence-electron chi connectivity index (χ4n) is 3.35. The summed E-state index contributed by atoms with van der Waals surface area (Å²) in [6.07, 6.45) is 0. The first-order chi connectivity index (χ1) is 15.5. The molecule has 0 saturated carbocycles. The summed E-state index contributed by atoms with van der Waals surface area (Å²) in [4.78, 5) is 26.0. The number of amides is 2. The number of benzene rings is 3. The maximum Gasteiger partial charge on any atom is 0.267 e. The van der Waals surface area contributed by atoms with Crippen molar-refractivity contribution in [3.05, 3.63) is 93.8 Å². The fourth-order valence-corrected chi connectivity index (χ4v) is 4.79. The Labute approximate surface area is 195 Å². The first-order valence-electron chi connectivity index (χ1n) is 9.99. The molecule has 32 heavy (non-hydrogen) atoms. The summed E-state index contributed by atoms with van der Waals surface area (Å²) < 4.78 is 6.11. The first kappa shape index (κ1) is 21.9. The van der Waals surface area contributed by atoms with Crippen LogP contribution in [0.5, 0.6) is 5.75 Å². The van der Waals surface area contributed by atoms with Crippen molar-refractivity contribution >= 4 is 50.5 Å². The third kappa shape index (κ3) is 4.61. The number of hydrogen-bond acceptors (Lipinski definition) is 4. The van der Waals surface area contributed by atoms with Crippen molar-refractivity contribution in [2.45, 2.75) is 13.0 Å². The van der Waals surface area contributed by atoms with Crippen LogP contribution in [0, 0.1) is 0 Å². The lowest BCUT2D eigenvalue weighted by atomic mass is 10.1. The zero-order valence-electron chi connectivity index (χ0n) is 17.5. The van der Waals surface area contributed by atoms with E-state index in [0.29, 0.717) is 26.9 Å². The van der Waals surface area contributed by atoms with Gasteiger partial charge in [0.1, 0.15) is 10.6 Å². The normalized spacial score (nSPS) is 11.7. The average molecular weight is 465 g/mol. The Balaban J connectivity index is 1.50. The molecule has 4 aromatic rings. The third-order valence-corrected chi connectivity index (χ3v) is 6.73. The number of methoxy groups -OCH3 is 1. The lowest BCUT2D eigenvalue weighted by molar-refractivity contribution is 0.0938. The van der Waals surface area contributed by atoms with Gasteiger partial charge in [0.05, 0.1) is 18.2 Å². The molecule has 0 aliphatic rings. The fraction of sp³-hybridized carbons (Fsp3) is 0.120. The van der Waals surface area contributed by atoms with E-state index < -0.39 is 0 Å². The second-order valence-electron chi connectivity index (χ2n) is 7.25. The third-order valence-electron chi connectivity index (χ3n) is 5.07. The van der Waals surface area contributed by atoms with Crippen LogP contribution in [-0.4, -0.2) is 18.9 Å². The van der Waals surface area contributed by atoms with Crippen LogP contribution in [0.25, 0.3) is 10.1 Å². The van der Waals surface area contributed by atoms with Crippen LogP contribution in [-0.2, 0) is 0 Å². The molecule has 7 heteroatoms. The van der Waals surface area contributed by atoms with Crippen molar-refractivity contribution in [3.63, 3.8) is 0 Å². The van der Waals surface area contributed by atoms with E-state index in [9.17, 15) is 9.59 Å². The number of nitrogens with one attached hydrogen (secondary N) is 2. The number of fused-ring (bicyclic) bond motifs is 1. The van der Waals surface area contributed by atoms with Gasteiger partial charge in [-0.3, -0.25) is 9.59 Å². The number of halogens is 1. The molecule has 0 spiro atoms. The van der Waals surface area contributed by atoms with Crippen LogP contribution in [0.1, 0.15) is 38.6 Å². The topological polar surface area (TPSA) is 67.4 Å². The van der Waals surface area contributed by atoms with Gasteiger partial charge in [-0.05, 0) is 48.9 Å². The lowest BCUT2D eigenvalue weighted by Gasteiger charge is -2.15. The van der Waals surface area contributed by atoms with E-state index in [1.807, 2.05) is 49.4 Å². The molecule has 2 N–H and O–H groups in total. The van der Waals surface area contributed by atoms with Gasteiger partial charge in [0.15, 0.2) is 0 Å². The molecule has 0 aliphatic heterocycles. The highest BCUT2D eigenvalue weighted by Gasteiger charge is 2.18. The van der Waals surface area contributed by atoms with Crippen molar-refractivity contribution in [3.8, 4) is 5.75 Å². The standard InChI is InChI=1S/C25H21ClN2O3S/c1-15(16-7-4-3-5-8-16)27-24(29)17-9-6-10-18(13-17)28-25(30)23-22(26)20-12-11-19(31-2)14-21(20)32-23/h3-15H,1-2H3,(H,27,29)(H,28,30). The maximum absolute atomic E-state index is 12.9. The Kier molecular flexibility index (Phi) is 6.44. The van der Waals surface area contributed by atoms with Gasteiger partial charge in [-0.25, -0.2) is 0 Å². The Bertz CT molecular complexity index is 1290. The average Bonchev–Trinajstić information content (AvgIpc) is 3.15. The minimum atomic E-state index is -0.328. The first-order valence-corrected chi connectivity index (χ1v) is 11.2. The summed E-state index contributed by atoms with van der Waals surface area (Å²) >= 11 is 7.75. The van der Waals surface area contributed by atoms with E-state index in [1.54, 1.807) is 37.4 Å². The van der Waals surface area contributed by atoms with Gasteiger partial charge in [-0.1, -0.05) is 48.0 Å². The van der Waals surface area contributed by atoms with Crippen molar-refractivity contribution in [2.24, 2.45) is 0 Å². The van der Waals surface area contributed by atoms with Gasteiger partial charge in [0, 0.05) is 21.3 Å². The molecule has 162 valence electrons. The highest BCUT2D eigenvalue weighted by molar-refractivity contribution is 7.21. The molecule has 3 aromatic carbocycles. The number of carbonyl (C=O) groups excluding carboxylic acids is 2. The smallest absolute Gasteiger partial charge is 0.267 e. The summed E-state index contributed by atoms with van der Waals surface area (Å²) in [5.74, 6) is 0.153. The molecule has 0 bridgehead atoms. The van der Waals surface area contributed by atoms with Crippen LogP contribution in [0.3, 0.4) is 0 Å². The van der Waals surface area contributed by atoms with Crippen LogP contribution < -0.4 is 15.4 Å². The minimum Gasteiger partial charge on any atom is -0.497 e. The predicted molar refractivity (Wildman–Crippen MR) is 130 cm³/mol. The van der Waals surface area contributed by atoms with Crippen molar-refractivity contribution in [1.82, 2.24) is 5.32 Å². The van der Waals surface area contributed by atoms with Crippen LogP contribution >= 0.6 is 22.9 Å². The molecule has 1 aromatic heterocycles. The molecule has 1 unspecified atom stereocenters. The lowest BCUT2D eigenvalue weighted by Crippen LogP contribution is -2.26. The molecule has 0 radical (unpaired) electrons. The Morgan fingerprint density at radius 2 is 1.75 bits per heavy atom. The molecular formula is C25H21ClN2O3S. The van der Waals surface area contributed by atoms with Crippen molar-refractivity contribution in [2.75, 3.05) is 12.4 Å². The summed E-state index contributed by atoms with van der Waals surface area (Å²) in [6.45, 7) is 1.93. The number of hydrogen-bond donors (Lipinski definition) is 2. The predicted octanol–water partition coefficient (Wildman–Crippen LogP) is 6.31. The number of anilines is 1. The van der Waals surface area contributed by atoms with E-state index >= 15 is 0 Å². The number of carbonyl (C=O) groups is 2. The zero-order valence-corrected chi connectivity index (χ0v) is 19.1. The van der Waals surface area contributed by atoms with Gasteiger partial charge in [-0.2, -0.15) is 0 Å². The molecule has 4 rings (SSSR count). The van der Waals surface area contributed by atoms with E-state index in [-0.39, 0.29) is 17.9 Å². The second-order valence-corrected chi connectivity index (χ2v) is 8.68. The van der Waals surface area contributed by atoms with Crippen molar-refractivity contribution < 1.29 is 14.3 Å². The Hall–Kier alpha value is -3.35.